The average Bonchev–Trinajstić information content (AvgIpc) is 2.28. The zero-order valence-electron chi connectivity index (χ0n) is 9.97. The van der Waals surface area contributed by atoms with Gasteiger partial charge in [0.05, 0.1) is 13.0 Å². The van der Waals surface area contributed by atoms with E-state index >= 15 is 0 Å². The Kier molecular flexibility index (Phi) is 4.84. The van der Waals surface area contributed by atoms with Crippen molar-refractivity contribution in [2.45, 2.75) is 20.0 Å². The van der Waals surface area contributed by atoms with Gasteiger partial charge in [0.15, 0.2) is 5.78 Å². The maximum Gasteiger partial charge on any atom is 0.304 e. The summed E-state index contributed by atoms with van der Waals surface area (Å²) in [6.45, 7) is 2.12. The predicted octanol–water partition coefficient (Wildman–Crippen LogP) is 2.13. The Morgan fingerprint density at radius 2 is 1.88 bits per heavy atom. The van der Waals surface area contributed by atoms with E-state index in [2.05, 4.69) is 0 Å². The number of methoxy groups -OCH3 is 1. The topological polar surface area (TPSA) is 63.6 Å². The van der Waals surface area contributed by atoms with Crippen LogP contribution in [0.25, 0.3) is 0 Å². The first-order valence-corrected chi connectivity index (χ1v) is 5.38. The van der Waals surface area contributed by atoms with Gasteiger partial charge in [-0.1, -0.05) is 31.2 Å². The highest BCUT2D eigenvalue weighted by molar-refractivity contribution is 5.99. The van der Waals surface area contributed by atoms with Gasteiger partial charge in [-0.25, -0.2) is 0 Å². The fraction of sp³-hybridized carbons (Fsp3) is 0.385. The molecule has 0 heterocycles. The highest BCUT2D eigenvalue weighted by Gasteiger charge is 2.17. The maximum absolute atomic E-state index is 11.9. The molecule has 0 radical (unpaired) electrons. The molecule has 0 spiro atoms. The van der Waals surface area contributed by atoms with Crippen LogP contribution in [0.2, 0.25) is 0 Å². The van der Waals surface area contributed by atoms with Crippen molar-refractivity contribution >= 4 is 11.8 Å². The molecular weight excluding hydrogens is 220 g/mol. The van der Waals surface area contributed by atoms with Crippen molar-refractivity contribution in [1.82, 2.24) is 0 Å². The number of rotatable bonds is 6. The van der Waals surface area contributed by atoms with Crippen molar-refractivity contribution < 1.29 is 19.4 Å². The summed E-state index contributed by atoms with van der Waals surface area (Å²) in [5.74, 6) is -1.60. The smallest absolute Gasteiger partial charge is 0.304 e. The lowest BCUT2D eigenvalue weighted by molar-refractivity contribution is -0.137. The number of carbonyl (C=O) groups excluding carboxylic acids is 1. The molecule has 0 aliphatic carbocycles. The van der Waals surface area contributed by atoms with E-state index in [1.807, 2.05) is 12.1 Å². The number of ketones is 1. The van der Waals surface area contributed by atoms with Crippen molar-refractivity contribution in [3.63, 3.8) is 0 Å². The summed E-state index contributed by atoms with van der Waals surface area (Å²) < 4.78 is 4.97. The molecule has 0 saturated heterocycles. The van der Waals surface area contributed by atoms with Crippen LogP contribution >= 0.6 is 0 Å². The molecule has 1 unspecified atom stereocenters. The van der Waals surface area contributed by atoms with Crippen LogP contribution in [0.1, 0.15) is 29.3 Å². The third kappa shape index (κ3) is 4.00. The SMILES string of the molecule is COCc1ccc(C(=O)C(C)CC(=O)O)cc1. The number of benzene rings is 1. The molecule has 1 rings (SSSR count). The Morgan fingerprint density at radius 1 is 1.29 bits per heavy atom. The molecular formula is C13H16O4. The molecule has 0 bridgehead atoms. The van der Waals surface area contributed by atoms with Gasteiger partial charge >= 0.3 is 5.97 Å². The summed E-state index contributed by atoms with van der Waals surface area (Å²) in [5, 5.41) is 8.63. The van der Waals surface area contributed by atoms with Gasteiger partial charge < -0.3 is 9.84 Å². The van der Waals surface area contributed by atoms with Gasteiger partial charge in [0.1, 0.15) is 0 Å². The van der Waals surface area contributed by atoms with Gasteiger partial charge in [-0.2, -0.15) is 0 Å². The van der Waals surface area contributed by atoms with E-state index in [9.17, 15) is 9.59 Å². The molecule has 92 valence electrons. The molecule has 0 fully saturated rings. The number of carbonyl (C=O) groups is 2. The van der Waals surface area contributed by atoms with E-state index in [1.165, 1.54) is 0 Å². The van der Waals surface area contributed by atoms with E-state index in [-0.39, 0.29) is 12.2 Å². The van der Waals surface area contributed by atoms with Crippen molar-refractivity contribution in [2.24, 2.45) is 5.92 Å². The van der Waals surface area contributed by atoms with E-state index in [0.717, 1.165) is 5.56 Å². The molecule has 1 aromatic rings. The highest BCUT2D eigenvalue weighted by Crippen LogP contribution is 2.13. The van der Waals surface area contributed by atoms with Crippen LogP contribution in [0.3, 0.4) is 0 Å². The van der Waals surface area contributed by atoms with Crippen LogP contribution in [0.15, 0.2) is 24.3 Å². The molecule has 0 aliphatic rings. The summed E-state index contributed by atoms with van der Waals surface area (Å²) >= 11 is 0. The first-order chi connectivity index (χ1) is 8.04. The Hall–Kier alpha value is -1.68. The number of hydrogen-bond donors (Lipinski definition) is 1. The van der Waals surface area contributed by atoms with Crippen molar-refractivity contribution in [2.75, 3.05) is 7.11 Å². The second-order valence-electron chi connectivity index (χ2n) is 3.99. The molecule has 4 nitrogen and oxygen atoms in total. The first-order valence-electron chi connectivity index (χ1n) is 5.38. The lowest BCUT2D eigenvalue weighted by Crippen LogP contribution is -2.15. The van der Waals surface area contributed by atoms with Gasteiger partial charge in [-0.15, -0.1) is 0 Å². The third-order valence-corrected chi connectivity index (χ3v) is 2.48. The minimum Gasteiger partial charge on any atom is -0.481 e. The minimum absolute atomic E-state index is 0.140. The van der Waals surface area contributed by atoms with Crippen LogP contribution in [0.4, 0.5) is 0 Å². The zero-order valence-corrected chi connectivity index (χ0v) is 9.97. The number of aliphatic carboxylic acids is 1. The summed E-state index contributed by atoms with van der Waals surface area (Å²) in [4.78, 5) is 22.4. The van der Waals surface area contributed by atoms with Crippen LogP contribution in [0.5, 0.6) is 0 Å². The highest BCUT2D eigenvalue weighted by atomic mass is 16.5. The zero-order chi connectivity index (χ0) is 12.8. The van der Waals surface area contributed by atoms with Crippen LogP contribution in [0, 0.1) is 5.92 Å². The molecule has 17 heavy (non-hydrogen) atoms. The van der Waals surface area contributed by atoms with Crippen molar-refractivity contribution in [3.8, 4) is 0 Å². The van der Waals surface area contributed by atoms with E-state index in [1.54, 1.807) is 26.2 Å². The van der Waals surface area contributed by atoms with Crippen LogP contribution in [-0.2, 0) is 16.1 Å². The number of Topliss-reactive ketones (excluding diaryl/α,β-unsaturated/α-hetero) is 1. The van der Waals surface area contributed by atoms with Crippen molar-refractivity contribution in [1.29, 1.82) is 0 Å². The Balaban J connectivity index is 2.72. The third-order valence-electron chi connectivity index (χ3n) is 2.48. The largest absolute Gasteiger partial charge is 0.481 e. The van der Waals surface area contributed by atoms with Gasteiger partial charge in [0, 0.05) is 18.6 Å². The minimum atomic E-state index is -0.957. The standard InChI is InChI=1S/C13H16O4/c1-9(7-12(14)15)13(16)11-5-3-10(4-6-11)8-17-2/h3-6,9H,7-8H2,1-2H3,(H,14,15). The Labute approximate surface area is 100 Å². The van der Waals surface area contributed by atoms with Gasteiger partial charge in [-0.3, -0.25) is 9.59 Å². The lowest BCUT2D eigenvalue weighted by Gasteiger charge is -2.08. The average molecular weight is 236 g/mol. The van der Waals surface area contributed by atoms with Gasteiger partial charge in [-0.05, 0) is 5.56 Å². The van der Waals surface area contributed by atoms with Crippen molar-refractivity contribution in [3.05, 3.63) is 35.4 Å². The predicted molar refractivity (Wildman–Crippen MR) is 62.9 cm³/mol. The normalized spacial score (nSPS) is 12.1. The quantitative estimate of drug-likeness (QED) is 0.768. The Morgan fingerprint density at radius 3 is 2.35 bits per heavy atom. The number of carboxylic acids is 1. The number of ether oxygens (including phenoxy) is 1. The lowest BCUT2D eigenvalue weighted by atomic mass is 9.96. The van der Waals surface area contributed by atoms with E-state index < -0.39 is 11.9 Å². The summed E-state index contributed by atoms with van der Waals surface area (Å²) in [7, 11) is 1.61. The number of hydrogen-bond acceptors (Lipinski definition) is 3. The molecule has 1 atom stereocenters. The molecule has 1 aromatic carbocycles. The fourth-order valence-corrected chi connectivity index (χ4v) is 1.57. The van der Waals surface area contributed by atoms with E-state index in [4.69, 9.17) is 9.84 Å². The van der Waals surface area contributed by atoms with E-state index in [0.29, 0.717) is 12.2 Å². The number of carboxylic acid groups (broad SMARTS) is 1. The van der Waals surface area contributed by atoms with Crippen LogP contribution < -0.4 is 0 Å². The maximum atomic E-state index is 11.9. The van der Waals surface area contributed by atoms with Crippen LogP contribution in [-0.4, -0.2) is 24.0 Å². The van der Waals surface area contributed by atoms with Gasteiger partial charge in [0.2, 0.25) is 0 Å². The molecule has 4 heteroatoms. The first kappa shape index (κ1) is 13.4. The molecule has 0 aliphatic heterocycles. The molecule has 0 saturated carbocycles. The fourth-order valence-electron chi connectivity index (χ4n) is 1.57. The summed E-state index contributed by atoms with van der Waals surface area (Å²) in [5.41, 5.74) is 1.52. The summed E-state index contributed by atoms with van der Waals surface area (Å²) in [6.07, 6.45) is -0.140. The molecule has 1 N–H and O–H groups in total. The van der Waals surface area contributed by atoms with Gasteiger partial charge in [0.25, 0.3) is 0 Å². The molecule has 0 amide bonds. The second-order valence-corrected chi connectivity index (χ2v) is 3.99. The monoisotopic (exact) mass is 236 g/mol. The Bertz CT molecular complexity index is 394. The second kappa shape index (κ2) is 6.15. The summed E-state index contributed by atoms with van der Waals surface area (Å²) in [6, 6.07) is 7.03. The molecule has 0 aromatic heterocycles.